The third kappa shape index (κ3) is 7.09. The third-order valence-electron chi connectivity index (χ3n) is 5.46. The minimum absolute atomic E-state index is 0.0778. The van der Waals surface area contributed by atoms with E-state index in [0.717, 1.165) is 15.4 Å². The predicted octanol–water partition coefficient (Wildman–Crippen LogP) is 5.57. The summed E-state index contributed by atoms with van der Waals surface area (Å²) in [5.41, 5.74) is 1.98. The van der Waals surface area contributed by atoms with Crippen LogP contribution in [0.1, 0.15) is 11.1 Å². The highest BCUT2D eigenvalue weighted by Gasteiger charge is 2.27. The molecule has 0 fully saturated rings. The van der Waals surface area contributed by atoms with Crippen LogP contribution in [0.25, 0.3) is 0 Å². The van der Waals surface area contributed by atoms with E-state index in [9.17, 15) is 17.6 Å². The average Bonchev–Trinajstić information content (AvgIpc) is 2.92. The van der Waals surface area contributed by atoms with Gasteiger partial charge in [0.1, 0.15) is 24.7 Å². The maximum Gasteiger partial charge on any atom is 0.264 e. The van der Waals surface area contributed by atoms with Gasteiger partial charge in [0.25, 0.3) is 10.0 Å². The molecule has 4 aromatic carbocycles. The number of rotatable bonds is 10. The van der Waals surface area contributed by atoms with Crippen LogP contribution in [-0.2, 0) is 28.0 Å². The minimum atomic E-state index is -3.99. The second kappa shape index (κ2) is 11.9. The second-order valence-electron chi connectivity index (χ2n) is 8.14. The molecule has 0 aliphatic rings. The lowest BCUT2D eigenvalue weighted by Gasteiger charge is -2.24. The van der Waals surface area contributed by atoms with E-state index in [-0.39, 0.29) is 17.3 Å². The van der Waals surface area contributed by atoms with Crippen LogP contribution in [0.3, 0.4) is 0 Å². The molecule has 0 unspecified atom stereocenters. The van der Waals surface area contributed by atoms with Crippen molar-refractivity contribution in [3.8, 4) is 5.75 Å². The minimum Gasteiger partial charge on any atom is -0.489 e. The number of halogens is 2. The molecule has 9 heteroatoms. The van der Waals surface area contributed by atoms with Crippen LogP contribution in [-0.4, -0.2) is 20.9 Å². The number of hydrogen-bond acceptors (Lipinski definition) is 4. The maximum atomic E-state index is 13.3. The van der Waals surface area contributed by atoms with Gasteiger partial charge in [-0.1, -0.05) is 54.1 Å². The molecule has 0 spiro atoms. The molecule has 190 valence electrons. The molecule has 1 N–H and O–H groups in total. The highest BCUT2D eigenvalue weighted by molar-refractivity contribution is 7.92. The van der Waals surface area contributed by atoms with E-state index < -0.39 is 22.5 Å². The van der Waals surface area contributed by atoms with Gasteiger partial charge in [-0.3, -0.25) is 9.10 Å². The molecule has 1 amide bonds. The molecule has 0 aliphatic carbocycles. The summed E-state index contributed by atoms with van der Waals surface area (Å²) < 4.78 is 46.4. The molecule has 0 saturated heterocycles. The van der Waals surface area contributed by atoms with Crippen molar-refractivity contribution in [1.29, 1.82) is 0 Å². The fourth-order valence-electron chi connectivity index (χ4n) is 3.48. The van der Waals surface area contributed by atoms with Gasteiger partial charge < -0.3 is 10.1 Å². The van der Waals surface area contributed by atoms with Gasteiger partial charge in [0.15, 0.2) is 0 Å². The highest BCUT2D eigenvalue weighted by Crippen LogP contribution is 2.25. The van der Waals surface area contributed by atoms with Gasteiger partial charge in [-0.2, -0.15) is 0 Å². The summed E-state index contributed by atoms with van der Waals surface area (Å²) in [5, 5.41) is 3.22. The lowest BCUT2D eigenvalue weighted by Crippen LogP contribution is -2.40. The molecule has 0 heterocycles. The largest absolute Gasteiger partial charge is 0.489 e. The van der Waals surface area contributed by atoms with E-state index in [4.69, 9.17) is 16.3 Å². The smallest absolute Gasteiger partial charge is 0.264 e. The van der Waals surface area contributed by atoms with Crippen molar-refractivity contribution >= 4 is 33.2 Å². The first-order valence-electron chi connectivity index (χ1n) is 11.4. The van der Waals surface area contributed by atoms with E-state index in [2.05, 4.69) is 5.32 Å². The molecule has 0 aliphatic heterocycles. The van der Waals surface area contributed by atoms with Gasteiger partial charge in [-0.15, -0.1) is 0 Å². The zero-order chi connectivity index (χ0) is 26.3. The number of ether oxygens (including phenoxy) is 1. The standard InChI is InChI=1S/C28H24ClFN2O4S/c29-23-10-14-25(15-11-23)32(37(34,35)27-4-2-1-3-5-27)19-28(33)31-18-21-8-16-26(17-9-21)36-20-22-6-12-24(30)13-7-22/h1-17H,18-20H2,(H,31,33). The van der Waals surface area contributed by atoms with Gasteiger partial charge in [0.05, 0.1) is 10.6 Å². The molecule has 0 aromatic heterocycles. The van der Waals surface area contributed by atoms with Crippen molar-refractivity contribution in [3.05, 3.63) is 125 Å². The second-order valence-corrected chi connectivity index (χ2v) is 10.4. The summed E-state index contributed by atoms with van der Waals surface area (Å²) in [5.74, 6) is -0.141. The fraction of sp³-hybridized carbons (Fsp3) is 0.107. The molecule has 0 bridgehead atoms. The van der Waals surface area contributed by atoms with Crippen LogP contribution in [0.15, 0.2) is 108 Å². The number of nitrogens with one attached hydrogen (secondary N) is 1. The van der Waals surface area contributed by atoms with E-state index in [1.54, 1.807) is 78.9 Å². The number of hydrogen-bond donors (Lipinski definition) is 1. The lowest BCUT2D eigenvalue weighted by atomic mass is 10.2. The summed E-state index contributed by atoms with van der Waals surface area (Å²) in [6.07, 6.45) is 0. The number of nitrogens with zero attached hydrogens (tertiary/aromatic N) is 1. The number of sulfonamides is 1. The Hall–Kier alpha value is -3.88. The summed E-state index contributed by atoms with van der Waals surface area (Å²) in [7, 11) is -3.99. The monoisotopic (exact) mass is 538 g/mol. The molecule has 4 rings (SSSR count). The first-order chi connectivity index (χ1) is 17.8. The van der Waals surface area contributed by atoms with Crippen molar-refractivity contribution in [2.45, 2.75) is 18.0 Å². The number of benzene rings is 4. The van der Waals surface area contributed by atoms with E-state index >= 15 is 0 Å². The summed E-state index contributed by atoms with van der Waals surface area (Å²) in [6, 6.07) is 27.4. The topological polar surface area (TPSA) is 75.7 Å². The summed E-state index contributed by atoms with van der Waals surface area (Å²) in [4.78, 5) is 12.9. The van der Waals surface area contributed by atoms with Crippen LogP contribution in [0.5, 0.6) is 5.75 Å². The Morgan fingerprint density at radius 3 is 2.11 bits per heavy atom. The lowest BCUT2D eigenvalue weighted by molar-refractivity contribution is -0.119. The van der Waals surface area contributed by atoms with Crippen LogP contribution < -0.4 is 14.4 Å². The number of anilines is 1. The molecule has 4 aromatic rings. The Morgan fingerprint density at radius 1 is 0.838 bits per heavy atom. The molecular weight excluding hydrogens is 515 g/mol. The Kier molecular flexibility index (Phi) is 8.43. The summed E-state index contributed by atoms with van der Waals surface area (Å²) >= 11 is 5.97. The normalized spacial score (nSPS) is 11.1. The number of amides is 1. The first kappa shape index (κ1) is 26.2. The fourth-order valence-corrected chi connectivity index (χ4v) is 5.05. The zero-order valence-electron chi connectivity index (χ0n) is 19.7. The predicted molar refractivity (Wildman–Crippen MR) is 141 cm³/mol. The molecule has 0 saturated carbocycles. The van der Waals surface area contributed by atoms with Crippen LogP contribution in [0.4, 0.5) is 10.1 Å². The van der Waals surface area contributed by atoms with Crippen molar-refractivity contribution in [1.82, 2.24) is 5.32 Å². The molecule has 6 nitrogen and oxygen atoms in total. The Labute approximate surface area is 220 Å². The van der Waals surface area contributed by atoms with Gasteiger partial charge >= 0.3 is 0 Å². The third-order valence-corrected chi connectivity index (χ3v) is 7.50. The Bertz CT molecular complexity index is 1430. The van der Waals surface area contributed by atoms with E-state index in [1.165, 1.54) is 24.3 Å². The van der Waals surface area contributed by atoms with Crippen molar-refractivity contribution in [2.75, 3.05) is 10.8 Å². The van der Waals surface area contributed by atoms with Crippen LogP contribution in [0.2, 0.25) is 5.02 Å². The van der Waals surface area contributed by atoms with Gasteiger partial charge in [-0.25, -0.2) is 12.8 Å². The molecule has 0 radical (unpaired) electrons. The zero-order valence-corrected chi connectivity index (χ0v) is 21.3. The maximum absolute atomic E-state index is 13.3. The van der Waals surface area contributed by atoms with E-state index in [1.807, 2.05) is 0 Å². The average molecular weight is 539 g/mol. The van der Waals surface area contributed by atoms with Crippen molar-refractivity contribution in [3.63, 3.8) is 0 Å². The Balaban J connectivity index is 1.39. The molecule has 37 heavy (non-hydrogen) atoms. The SMILES string of the molecule is O=C(CN(c1ccc(Cl)cc1)S(=O)(=O)c1ccccc1)NCc1ccc(OCc2ccc(F)cc2)cc1. The van der Waals surface area contributed by atoms with E-state index in [0.29, 0.717) is 23.1 Å². The molecular formula is C28H24ClFN2O4S. The Morgan fingerprint density at radius 2 is 1.46 bits per heavy atom. The highest BCUT2D eigenvalue weighted by atomic mass is 35.5. The summed E-state index contributed by atoms with van der Waals surface area (Å²) in [6.45, 7) is 0.0986. The van der Waals surface area contributed by atoms with Crippen LogP contribution >= 0.6 is 11.6 Å². The first-order valence-corrected chi connectivity index (χ1v) is 13.2. The van der Waals surface area contributed by atoms with Gasteiger partial charge in [0, 0.05) is 11.6 Å². The van der Waals surface area contributed by atoms with Crippen LogP contribution in [0, 0.1) is 5.82 Å². The van der Waals surface area contributed by atoms with Gasteiger partial charge in [-0.05, 0) is 71.8 Å². The quantitative estimate of drug-likeness (QED) is 0.286. The van der Waals surface area contributed by atoms with Gasteiger partial charge in [0.2, 0.25) is 5.91 Å². The number of carbonyl (C=O) groups is 1. The van der Waals surface area contributed by atoms with Crippen molar-refractivity contribution < 1.29 is 22.3 Å². The molecule has 0 atom stereocenters. The van der Waals surface area contributed by atoms with Crippen molar-refractivity contribution in [2.24, 2.45) is 0 Å². The number of carbonyl (C=O) groups excluding carboxylic acids is 1.